The van der Waals surface area contributed by atoms with Crippen molar-refractivity contribution in [3.8, 4) is 11.5 Å². The van der Waals surface area contributed by atoms with Crippen molar-refractivity contribution >= 4 is 5.91 Å². The van der Waals surface area contributed by atoms with E-state index in [2.05, 4.69) is 10.2 Å². The summed E-state index contributed by atoms with van der Waals surface area (Å²) in [5.41, 5.74) is 1.39. The lowest BCUT2D eigenvalue weighted by Crippen LogP contribution is -2.35. The summed E-state index contributed by atoms with van der Waals surface area (Å²) >= 11 is 0. The summed E-state index contributed by atoms with van der Waals surface area (Å²) in [6.07, 6.45) is 2.04. The van der Waals surface area contributed by atoms with Gasteiger partial charge >= 0.3 is 0 Å². The van der Waals surface area contributed by atoms with Gasteiger partial charge in [0.05, 0.1) is 6.61 Å². The van der Waals surface area contributed by atoms with E-state index < -0.39 is 0 Å². The molecule has 1 saturated carbocycles. The summed E-state index contributed by atoms with van der Waals surface area (Å²) in [5.74, 6) is 0.911. The maximum absolute atomic E-state index is 12.4. The number of carbonyl (C=O) groups excluding carboxylic acids is 1. The highest BCUT2D eigenvalue weighted by Crippen LogP contribution is 2.28. The van der Waals surface area contributed by atoms with E-state index in [1.54, 1.807) is 36.1 Å². The van der Waals surface area contributed by atoms with Gasteiger partial charge in [-0.2, -0.15) is 0 Å². The Balaban J connectivity index is 1.78. The minimum Gasteiger partial charge on any atom is -0.421 e. The van der Waals surface area contributed by atoms with Gasteiger partial charge in [-0.15, -0.1) is 10.2 Å². The van der Waals surface area contributed by atoms with Crippen LogP contribution in [-0.2, 0) is 0 Å². The number of hydrogen-bond donors (Lipinski definition) is 1. The molecular formula is C15H17N3O3. The van der Waals surface area contributed by atoms with Gasteiger partial charge in [0.2, 0.25) is 11.8 Å². The number of hydrogen-bond acceptors (Lipinski definition) is 5. The first kappa shape index (κ1) is 13.8. The summed E-state index contributed by atoms with van der Waals surface area (Å²) in [7, 11) is 0. The summed E-state index contributed by atoms with van der Waals surface area (Å²) in [5, 5.41) is 16.8. The minimum atomic E-state index is -0.0418. The standard InChI is InChI=1S/C15H17N3O3/c1-10-16-17-14(21-10)11-2-4-12(5-3-11)15(20)18(8-9-19)13-6-7-13/h2-5,13,19H,6-9H2,1H3. The van der Waals surface area contributed by atoms with Gasteiger partial charge in [0.15, 0.2) is 0 Å². The molecule has 1 aliphatic carbocycles. The summed E-state index contributed by atoms with van der Waals surface area (Å²) < 4.78 is 5.35. The van der Waals surface area contributed by atoms with Crippen molar-refractivity contribution in [3.05, 3.63) is 35.7 Å². The molecule has 1 heterocycles. The van der Waals surface area contributed by atoms with Crippen LogP contribution in [0.4, 0.5) is 0 Å². The van der Waals surface area contributed by atoms with E-state index in [0.717, 1.165) is 18.4 Å². The number of aliphatic hydroxyl groups is 1. The van der Waals surface area contributed by atoms with Crippen LogP contribution in [0, 0.1) is 6.92 Å². The lowest BCUT2D eigenvalue weighted by molar-refractivity contribution is 0.0707. The Labute approximate surface area is 122 Å². The summed E-state index contributed by atoms with van der Waals surface area (Å²) in [6, 6.07) is 7.38. The second-order valence-corrected chi connectivity index (χ2v) is 5.16. The lowest BCUT2D eigenvalue weighted by Gasteiger charge is -2.21. The molecule has 110 valence electrons. The van der Waals surface area contributed by atoms with Crippen LogP contribution >= 0.6 is 0 Å². The Morgan fingerprint density at radius 1 is 1.33 bits per heavy atom. The normalized spacial score (nSPS) is 14.2. The molecule has 0 aliphatic heterocycles. The molecule has 0 atom stereocenters. The van der Waals surface area contributed by atoms with Crippen LogP contribution in [0.3, 0.4) is 0 Å². The van der Waals surface area contributed by atoms with Crippen molar-refractivity contribution < 1.29 is 14.3 Å². The van der Waals surface area contributed by atoms with Gasteiger partial charge in [0.1, 0.15) is 0 Å². The van der Waals surface area contributed by atoms with Crippen LogP contribution in [-0.4, -0.2) is 45.3 Å². The van der Waals surface area contributed by atoms with Gasteiger partial charge in [0.25, 0.3) is 5.91 Å². The highest BCUT2D eigenvalue weighted by Gasteiger charge is 2.32. The number of aliphatic hydroxyl groups excluding tert-OH is 1. The Kier molecular flexibility index (Phi) is 3.70. The Hall–Kier alpha value is -2.21. The molecule has 0 radical (unpaired) electrons. The molecule has 0 saturated heterocycles. The molecule has 6 heteroatoms. The third kappa shape index (κ3) is 2.95. The Morgan fingerprint density at radius 3 is 2.57 bits per heavy atom. The monoisotopic (exact) mass is 287 g/mol. The lowest BCUT2D eigenvalue weighted by atomic mass is 10.1. The van der Waals surface area contributed by atoms with Gasteiger partial charge in [-0.05, 0) is 37.1 Å². The first-order valence-corrected chi connectivity index (χ1v) is 7.01. The van der Waals surface area contributed by atoms with E-state index in [1.165, 1.54) is 0 Å². The number of amides is 1. The molecule has 1 N–H and O–H groups in total. The number of benzene rings is 1. The van der Waals surface area contributed by atoms with Crippen molar-refractivity contribution in [1.82, 2.24) is 15.1 Å². The zero-order valence-corrected chi connectivity index (χ0v) is 11.8. The van der Waals surface area contributed by atoms with Crippen LogP contribution < -0.4 is 0 Å². The van der Waals surface area contributed by atoms with E-state index in [1.807, 2.05) is 0 Å². The van der Waals surface area contributed by atoms with Crippen LogP contribution in [0.1, 0.15) is 29.1 Å². The molecule has 0 spiro atoms. The third-order valence-corrected chi connectivity index (χ3v) is 3.49. The zero-order chi connectivity index (χ0) is 14.8. The molecule has 0 unspecified atom stereocenters. The topological polar surface area (TPSA) is 79.5 Å². The predicted octanol–water partition coefficient (Wildman–Crippen LogP) is 1.64. The molecule has 1 aliphatic rings. The van der Waals surface area contributed by atoms with Crippen LogP contribution in [0.2, 0.25) is 0 Å². The molecule has 0 bridgehead atoms. The number of rotatable bonds is 5. The Morgan fingerprint density at radius 2 is 2.05 bits per heavy atom. The molecule has 1 aromatic carbocycles. The van der Waals surface area contributed by atoms with Crippen LogP contribution in [0.5, 0.6) is 0 Å². The van der Waals surface area contributed by atoms with Crippen LogP contribution in [0.15, 0.2) is 28.7 Å². The van der Waals surface area contributed by atoms with Gasteiger partial charge < -0.3 is 14.4 Å². The molecule has 21 heavy (non-hydrogen) atoms. The third-order valence-electron chi connectivity index (χ3n) is 3.49. The molecule has 1 fully saturated rings. The Bertz CT molecular complexity index is 632. The van der Waals surface area contributed by atoms with E-state index in [9.17, 15) is 4.79 Å². The quantitative estimate of drug-likeness (QED) is 0.904. The maximum Gasteiger partial charge on any atom is 0.254 e. The number of aryl methyl sites for hydroxylation is 1. The van der Waals surface area contributed by atoms with E-state index in [0.29, 0.717) is 23.9 Å². The van der Waals surface area contributed by atoms with Crippen molar-refractivity contribution in [1.29, 1.82) is 0 Å². The van der Waals surface area contributed by atoms with E-state index >= 15 is 0 Å². The van der Waals surface area contributed by atoms with E-state index in [4.69, 9.17) is 9.52 Å². The first-order valence-electron chi connectivity index (χ1n) is 7.01. The molecule has 2 aromatic rings. The highest BCUT2D eigenvalue weighted by molar-refractivity contribution is 5.95. The molecule has 6 nitrogen and oxygen atoms in total. The van der Waals surface area contributed by atoms with Gasteiger partial charge in [0, 0.05) is 30.6 Å². The summed E-state index contributed by atoms with van der Waals surface area (Å²) in [6.45, 7) is 2.10. The minimum absolute atomic E-state index is 0.0123. The molecule has 3 rings (SSSR count). The fourth-order valence-corrected chi connectivity index (χ4v) is 2.28. The largest absolute Gasteiger partial charge is 0.421 e. The van der Waals surface area contributed by atoms with Gasteiger partial charge in [-0.25, -0.2) is 0 Å². The second kappa shape index (κ2) is 5.65. The highest BCUT2D eigenvalue weighted by atomic mass is 16.4. The second-order valence-electron chi connectivity index (χ2n) is 5.16. The number of carbonyl (C=O) groups is 1. The average Bonchev–Trinajstić information content (AvgIpc) is 3.25. The van der Waals surface area contributed by atoms with Crippen LogP contribution in [0.25, 0.3) is 11.5 Å². The zero-order valence-electron chi connectivity index (χ0n) is 11.8. The molecule has 1 aromatic heterocycles. The maximum atomic E-state index is 12.4. The predicted molar refractivity (Wildman–Crippen MR) is 75.6 cm³/mol. The summed E-state index contributed by atoms with van der Waals surface area (Å²) in [4.78, 5) is 14.2. The van der Waals surface area contributed by atoms with Crippen molar-refractivity contribution in [2.24, 2.45) is 0 Å². The van der Waals surface area contributed by atoms with Crippen molar-refractivity contribution in [2.45, 2.75) is 25.8 Å². The fourth-order valence-electron chi connectivity index (χ4n) is 2.28. The molecule has 1 amide bonds. The SMILES string of the molecule is Cc1nnc(-c2ccc(C(=O)N(CCO)C3CC3)cc2)o1. The number of nitrogens with zero attached hydrogens (tertiary/aromatic N) is 3. The van der Waals surface area contributed by atoms with Crippen molar-refractivity contribution in [2.75, 3.05) is 13.2 Å². The first-order chi connectivity index (χ1) is 10.2. The van der Waals surface area contributed by atoms with Gasteiger partial charge in [-0.3, -0.25) is 4.79 Å². The van der Waals surface area contributed by atoms with E-state index in [-0.39, 0.29) is 18.6 Å². The van der Waals surface area contributed by atoms with Gasteiger partial charge in [-0.1, -0.05) is 0 Å². The average molecular weight is 287 g/mol. The smallest absolute Gasteiger partial charge is 0.254 e. The molecular weight excluding hydrogens is 270 g/mol. The van der Waals surface area contributed by atoms with Crippen molar-refractivity contribution in [3.63, 3.8) is 0 Å². The fraction of sp³-hybridized carbons (Fsp3) is 0.400. The number of aromatic nitrogens is 2.